The maximum absolute atomic E-state index is 12.6. The molecule has 1 atom stereocenters. The standard InChI is InChI=1S/C13H26N2O2/c1-10(2)15-12(17)11(6-9-16)14(5)8-7-13(15,3)4/h10-11,16H,6-9H2,1-5H3. The summed E-state index contributed by atoms with van der Waals surface area (Å²) in [6, 6.07) is 0.0226. The molecule has 0 aromatic carbocycles. The zero-order valence-electron chi connectivity index (χ0n) is 11.7. The van der Waals surface area contributed by atoms with Gasteiger partial charge in [-0.15, -0.1) is 0 Å². The Bertz CT molecular complexity index is 277. The summed E-state index contributed by atoms with van der Waals surface area (Å²) in [5.74, 6) is 0.152. The first-order chi connectivity index (χ1) is 7.81. The van der Waals surface area contributed by atoms with Crippen molar-refractivity contribution in [3.63, 3.8) is 0 Å². The Labute approximate surface area is 105 Å². The maximum atomic E-state index is 12.6. The van der Waals surface area contributed by atoms with Crippen LogP contribution >= 0.6 is 0 Å². The molecule has 1 amide bonds. The molecule has 100 valence electrons. The van der Waals surface area contributed by atoms with E-state index in [1.54, 1.807) is 0 Å². The van der Waals surface area contributed by atoms with E-state index in [4.69, 9.17) is 5.11 Å². The Morgan fingerprint density at radius 2 is 2.06 bits per heavy atom. The molecule has 4 heteroatoms. The Morgan fingerprint density at radius 3 is 2.53 bits per heavy atom. The van der Waals surface area contributed by atoms with Crippen LogP contribution in [-0.2, 0) is 4.79 Å². The molecule has 17 heavy (non-hydrogen) atoms. The number of amides is 1. The average molecular weight is 242 g/mol. The monoisotopic (exact) mass is 242 g/mol. The van der Waals surface area contributed by atoms with Crippen LogP contribution in [0.15, 0.2) is 0 Å². The topological polar surface area (TPSA) is 43.8 Å². The van der Waals surface area contributed by atoms with Crippen molar-refractivity contribution < 1.29 is 9.90 Å². The highest BCUT2D eigenvalue weighted by Gasteiger charge is 2.40. The zero-order valence-corrected chi connectivity index (χ0v) is 11.7. The van der Waals surface area contributed by atoms with Crippen LogP contribution in [0, 0.1) is 0 Å². The van der Waals surface area contributed by atoms with E-state index in [0.29, 0.717) is 6.42 Å². The van der Waals surface area contributed by atoms with Crippen LogP contribution in [0.25, 0.3) is 0 Å². The van der Waals surface area contributed by atoms with Gasteiger partial charge < -0.3 is 10.0 Å². The fourth-order valence-electron chi connectivity index (χ4n) is 2.79. The van der Waals surface area contributed by atoms with E-state index >= 15 is 0 Å². The minimum absolute atomic E-state index is 0.0626. The van der Waals surface area contributed by atoms with Crippen LogP contribution in [0.2, 0.25) is 0 Å². The van der Waals surface area contributed by atoms with Gasteiger partial charge in [-0.2, -0.15) is 0 Å². The van der Waals surface area contributed by atoms with Crippen LogP contribution in [0.5, 0.6) is 0 Å². The molecule has 1 heterocycles. The number of rotatable bonds is 3. The highest BCUT2D eigenvalue weighted by Crippen LogP contribution is 2.28. The minimum Gasteiger partial charge on any atom is -0.396 e. The minimum atomic E-state index is -0.177. The Morgan fingerprint density at radius 1 is 1.47 bits per heavy atom. The summed E-state index contributed by atoms with van der Waals surface area (Å²) in [5, 5.41) is 9.10. The summed E-state index contributed by atoms with van der Waals surface area (Å²) < 4.78 is 0. The summed E-state index contributed by atoms with van der Waals surface area (Å²) >= 11 is 0. The highest BCUT2D eigenvalue weighted by atomic mass is 16.3. The van der Waals surface area contributed by atoms with Gasteiger partial charge in [0.1, 0.15) is 0 Å². The average Bonchev–Trinajstić information content (AvgIpc) is 2.28. The quantitative estimate of drug-likeness (QED) is 0.805. The van der Waals surface area contributed by atoms with Crippen LogP contribution < -0.4 is 0 Å². The number of aliphatic hydroxyl groups excluding tert-OH is 1. The number of hydrogen-bond donors (Lipinski definition) is 1. The second kappa shape index (κ2) is 5.36. The van der Waals surface area contributed by atoms with Crippen molar-refractivity contribution in [3.05, 3.63) is 0 Å². The van der Waals surface area contributed by atoms with E-state index in [2.05, 4.69) is 32.6 Å². The van der Waals surface area contributed by atoms with E-state index in [-0.39, 0.29) is 30.1 Å². The first kappa shape index (κ1) is 14.5. The fourth-order valence-corrected chi connectivity index (χ4v) is 2.79. The number of aliphatic hydroxyl groups is 1. The lowest BCUT2D eigenvalue weighted by Gasteiger charge is -2.41. The molecule has 1 aliphatic rings. The molecule has 1 aliphatic heterocycles. The largest absolute Gasteiger partial charge is 0.396 e. The van der Waals surface area contributed by atoms with Gasteiger partial charge in [0.05, 0.1) is 6.04 Å². The molecule has 0 spiro atoms. The van der Waals surface area contributed by atoms with Gasteiger partial charge in [0.2, 0.25) is 5.91 Å². The maximum Gasteiger partial charge on any atom is 0.240 e. The number of carbonyl (C=O) groups excluding carboxylic acids is 1. The molecule has 0 bridgehead atoms. The molecule has 0 aliphatic carbocycles. The van der Waals surface area contributed by atoms with E-state index in [1.807, 2.05) is 11.9 Å². The summed E-state index contributed by atoms with van der Waals surface area (Å²) in [4.78, 5) is 16.6. The van der Waals surface area contributed by atoms with Gasteiger partial charge in [-0.05, 0) is 47.6 Å². The molecule has 0 aromatic heterocycles. The van der Waals surface area contributed by atoms with Crippen LogP contribution in [0.3, 0.4) is 0 Å². The zero-order chi connectivity index (χ0) is 13.2. The molecule has 1 unspecified atom stereocenters. The number of hydrogen-bond acceptors (Lipinski definition) is 3. The lowest BCUT2D eigenvalue weighted by atomic mass is 9.96. The third-order valence-corrected chi connectivity index (χ3v) is 3.70. The summed E-state index contributed by atoms with van der Waals surface area (Å²) in [6.45, 7) is 9.32. The van der Waals surface area contributed by atoms with E-state index in [9.17, 15) is 4.79 Å². The first-order valence-electron chi connectivity index (χ1n) is 6.45. The smallest absolute Gasteiger partial charge is 0.240 e. The van der Waals surface area contributed by atoms with Crippen LogP contribution in [-0.4, -0.2) is 58.6 Å². The fraction of sp³-hybridized carbons (Fsp3) is 0.923. The number of carbonyl (C=O) groups is 1. The normalized spacial score (nSPS) is 26.4. The molecule has 4 nitrogen and oxygen atoms in total. The molecule has 0 radical (unpaired) electrons. The SMILES string of the molecule is CC(C)N1C(=O)C(CCO)N(C)CCC1(C)C. The number of nitrogens with zero attached hydrogens (tertiary/aromatic N) is 2. The molecule has 1 saturated heterocycles. The summed E-state index contributed by atoms with van der Waals surface area (Å²) in [7, 11) is 1.97. The van der Waals surface area contributed by atoms with E-state index in [1.165, 1.54) is 0 Å². The molecular weight excluding hydrogens is 216 g/mol. The molecule has 1 rings (SSSR count). The summed E-state index contributed by atoms with van der Waals surface area (Å²) in [6.07, 6.45) is 1.49. The van der Waals surface area contributed by atoms with Crippen molar-refractivity contribution in [1.29, 1.82) is 0 Å². The summed E-state index contributed by atoms with van der Waals surface area (Å²) in [5.41, 5.74) is -0.107. The molecule has 0 saturated carbocycles. The van der Waals surface area contributed by atoms with E-state index < -0.39 is 0 Å². The van der Waals surface area contributed by atoms with Gasteiger partial charge in [-0.1, -0.05) is 0 Å². The van der Waals surface area contributed by atoms with Crippen molar-refractivity contribution >= 4 is 5.91 Å². The Kier molecular flexibility index (Phi) is 4.55. The predicted octanol–water partition coefficient (Wildman–Crippen LogP) is 1.09. The van der Waals surface area contributed by atoms with Crippen molar-refractivity contribution in [1.82, 2.24) is 9.80 Å². The second-order valence-corrected chi connectivity index (χ2v) is 5.87. The van der Waals surface area contributed by atoms with Gasteiger partial charge in [0.15, 0.2) is 0 Å². The number of likely N-dealkylation sites (N-methyl/N-ethyl adjacent to an activating group) is 1. The van der Waals surface area contributed by atoms with Crippen molar-refractivity contribution in [2.45, 2.75) is 58.2 Å². The van der Waals surface area contributed by atoms with Gasteiger partial charge in [0.25, 0.3) is 0 Å². The van der Waals surface area contributed by atoms with Crippen LogP contribution in [0.4, 0.5) is 0 Å². The van der Waals surface area contributed by atoms with Gasteiger partial charge in [0, 0.05) is 24.7 Å². The molecule has 1 N–H and O–H groups in total. The van der Waals surface area contributed by atoms with Crippen LogP contribution in [0.1, 0.15) is 40.5 Å². The highest BCUT2D eigenvalue weighted by molar-refractivity contribution is 5.83. The third kappa shape index (κ3) is 2.99. The van der Waals surface area contributed by atoms with Gasteiger partial charge in [-0.3, -0.25) is 9.69 Å². The lowest BCUT2D eigenvalue weighted by molar-refractivity contribution is -0.142. The Balaban J connectivity index is 3.02. The van der Waals surface area contributed by atoms with Gasteiger partial charge >= 0.3 is 0 Å². The second-order valence-electron chi connectivity index (χ2n) is 5.87. The van der Waals surface area contributed by atoms with Crippen molar-refractivity contribution in [2.75, 3.05) is 20.2 Å². The lowest BCUT2D eigenvalue weighted by Crippen LogP contribution is -2.54. The third-order valence-electron chi connectivity index (χ3n) is 3.70. The first-order valence-corrected chi connectivity index (χ1v) is 6.45. The van der Waals surface area contributed by atoms with Crippen molar-refractivity contribution in [2.24, 2.45) is 0 Å². The Hall–Kier alpha value is -0.610. The predicted molar refractivity (Wildman–Crippen MR) is 68.8 cm³/mol. The molecule has 0 aromatic rings. The molecule has 1 fully saturated rings. The van der Waals surface area contributed by atoms with Gasteiger partial charge in [-0.25, -0.2) is 0 Å². The van der Waals surface area contributed by atoms with E-state index in [0.717, 1.165) is 13.0 Å². The molecular formula is C13H26N2O2. The van der Waals surface area contributed by atoms with Crippen molar-refractivity contribution in [3.8, 4) is 0 Å².